The van der Waals surface area contributed by atoms with Gasteiger partial charge in [0.2, 0.25) is 0 Å². The molecule has 0 radical (unpaired) electrons. The highest BCUT2D eigenvalue weighted by atomic mass is 32.2. The fourth-order valence-corrected chi connectivity index (χ4v) is 3.27. The Bertz CT molecular complexity index is 434. The largest absolute Gasteiger partial charge is 0.368 e. The maximum Gasteiger partial charge on any atom is 0.274 e. The molecule has 2 aliphatic rings. The lowest BCUT2D eigenvalue weighted by atomic mass is 9.97. The Kier molecular flexibility index (Phi) is 5.36. The molecule has 0 aromatic rings. The van der Waals surface area contributed by atoms with Crippen molar-refractivity contribution >= 4 is 16.1 Å². The van der Waals surface area contributed by atoms with Crippen molar-refractivity contribution < 1.29 is 17.9 Å². The van der Waals surface area contributed by atoms with Gasteiger partial charge in [0.05, 0.1) is 0 Å². The van der Waals surface area contributed by atoms with E-state index < -0.39 is 10.2 Å². The van der Waals surface area contributed by atoms with Crippen LogP contribution >= 0.6 is 0 Å². The van der Waals surface area contributed by atoms with Gasteiger partial charge in [0.1, 0.15) is 6.10 Å². The molecular weight excluding hydrogens is 282 g/mol. The predicted molar refractivity (Wildman–Crippen MR) is 74.0 cm³/mol. The van der Waals surface area contributed by atoms with E-state index in [1.54, 1.807) is 4.90 Å². The van der Waals surface area contributed by atoms with Crippen molar-refractivity contribution in [2.24, 2.45) is 11.1 Å². The van der Waals surface area contributed by atoms with Crippen LogP contribution < -0.4 is 9.86 Å². The number of piperidine rings is 1. The van der Waals surface area contributed by atoms with Crippen molar-refractivity contribution in [2.75, 3.05) is 26.2 Å². The van der Waals surface area contributed by atoms with Crippen molar-refractivity contribution in [1.82, 2.24) is 9.62 Å². The van der Waals surface area contributed by atoms with Crippen molar-refractivity contribution in [2.45, 2.75) is 38.2 Å². The van der Waals surface area contributed by atoms with E-state index >= 15 is 0 Å². The molecule has 2 atom stereocenters. The standard InChI is InChI=1S/C12H23N3O4S/c13-20(17,18)14-8-10-4-3-6-15(9-10)12(16)11-5-1-2-7-19-11/h10-11,14H,1-9H2,(H2,13,17,18). The summed E-state index contributed by atoms with van der Waals surface area (Å²) in [4.78, 5) is 14.1. The second-order valence-electron chi connectivity index (χ2n) is 5.54. The van der Waals surface area contributed by atoms with Gasteiger partial charge in [-0.25, -0.2) is 9.86 Å². The molecule has 1 amide bonds. The highest BCUT2D eigenvalue weighted by molar-refractivity contribution is 7.87. The number of nitrogens with two attached hydrogens (primary N) is 1. The van der Waals surface area contributed by atoms with Gasteiger partial charge in [-0.05, 0) is 38.0 Å². The Balaban J connectivity index is 1.84. The normalized spacial score (nSPS) is 28.4. The van der Waals surface area contributed by atoms with Gasteiger partial charge in [-0.1, -0.05) is 0 Å². The highest BCUT2D eigenvalue weighted by Gasteiger charge is 2.30. The lowest BCUT2D eigenvalue weighted by molar-refractivity contribution is -0.148. The molecule has 0 bridgehead atoms. The van der Waals surface area contributed by atoms with E-state index in [1.165, 1.54) is 0 Å². The van der Waals surface area contributed by atoms with Gasteiger partial charge in [-0.3, -0.25) is 4.79 Å². The number of carbonyl (C=O) groups is 1. The summed E-state index contributed by atoms with van der Waals surface area (Å²) in [5.41, 5.74) is 0. The van der Waals surface area contributed by atoms with Crippen molar-refractivity contribution in [3.05, 3.63) is 0 Å². The summed E-state index contributed by atoms with van der Waals surface area (Å²) in [6, 6.07) is 0. The van der Waals surface area contributed by atoms with Gasteiger partial charge in [0.15, 0.2) is 0 Å². The van der Waals surface area contributed by atoms with Crippen LogP contribution in [0.2, 0.25) is 0 Å². The first-order valence-corrected chi connectivity index (χ1v) is 8.68. The van der Waals surface area contributed by atoms with Crippen LogP contribution in [0.4, 0.5) is 0 Å². The maximum absolute atomic E-state index is 12.3. The number of nitrogens with one attached hydrogen (secondary N) is 1. The minimum Gasteiger partial charge on any atom is -0.368 e. The van der Waals surface area contributed by atoms with Gasteiger partial charge in [0.25, 0.3) is 16.1 Å². The summed E-state index contributed by atoms with van der Waals surface area (Å²) in [6.07, 6.45) is 4.31. The molecule has 3 N–H and O–H groups in total. The lowest BCUT2D eigenvalue weighted by Crippen LogP contribution is -2.48. The number of likely N-dealkylation sites (tertiary alicyclic amines) is 1. The first kappa shape index (κ1) is 15.7. The zero-order valence-electron chi connectivity index (χ0n) is 11.6. The Morgan fingerprint density at radius 2 is 2.10 bits per heavy atom. The first-order valence-electron chi connectivity index (χ1n) is 7.13. The van der Waals surface area contributed by atoms with Gasteiger partial charge < -0.3 is 9.64 Å². The second kappa shape index (κ2) is 6.84. The molecule has 20 heavy (non-hydrogen) atoms. The fourth-order valence-electron chi connectivity index (χ4n) is 2.80. The van der Waals surface area contributed by atoms with Crippen molar-refractivity contribution in [3.8, 4) is 0 Å². The predicted octanol–water partition coefficient (Wildman–Crippen LogP) is -0.413. The number of hydrogen-bond acceptors (Lipinski definition) is 4. The Labute approximate surface area is 120 Å². The minimum absolute atomic E-state index is 0.0463. The average molecular weight is 305 g/mol. The van der Waals surface area contributed by atoms with E-state index in [0.29, 0.717) is 13.2 Å². The topological polar surface area (TPSA) is 102 Å². The van der Waals surface area contributed by atoms with E-state index in [0.717, 1.165) is 38.6 Å². The quantitative estimate of drug-likeness (QED) is 0.737. The molecule has 0 aromatic carbocycles. The summed E-state index contributed by atoms with van der Waals surface area (Å²) >= 11 is 0. The number of hydrogen-bond donors (Lipinski definition) is 2. The molecule has 8 heteroatoms. The van der Waals surface area contributed by atoms with Gasteiger partial charge in [-0.2, -0.15) is 8.42 Å². The highest BCUT2D eigenvalue weighted by Crippen LogP contribution is 2.20. The lowest BCUT2D eigenvalue weighted by Gasteiger charge is -2.35. The summed E-state index contributed by atoms with van der Waals surface area (Å²) in [6.45, 7) is 2.24. The summed E-state index contributed by atoms with van der Waals surface area (Å²) in [7, 11) is -3.66. The third-order valence-electron chi connectivity index (χ3n) is 3.86. The SMILES string of the molecule is NS(=O)(=O)NCC1CCCN(C(=O)C2CCCCO2)C1. The second-order valence-corrected chi connectivity index (χ2v) is 6.92. The molecule has 0 saturated carbocycles. The summed E-state index contributed by atoms with van der Waals surface area (Å²) in [5, 5.41) is 4.92. The maximum atomic E-state index is 12.3. The van der Waals surface area contributed by atoms with Crippen molar-refractivity contribution in [3.63, 3.8) is 0 Å². The number of carbonyl (C=O) groups excluding carboxylic acids is 1. The van der Waals surface area contributed by atoms with Crippen LogP contribution in [0.15, 0.2) is 0 Å². The van der Waals surface area contributed by atoms with E-state index in [1.807, 2.05) is 0 Å². The van der Waals surface area contributed by atoms with E-state index in [2.05, 4.69) is 4.72 Å². The molecule has 2 rings (SSSR count). The van der Waals surface area contributed by atoms with Gasteiger partial charge >= 0.3 is 0 Å². The molecule has 0 aliphatic carbocycles. The van der Waals surface area contributed by atoms with Gasteiger partial charge in [-0.15, -0.1) is 0 Å². The number of rotatable bonds is 4. The molecule has 2 heterocycles. The van der Waals surface area contributed by atoms with Crippen LogP contribution in [0, 0.1) is 5.92 Å². The zero-order chi connectivity index (χ0) is 14.6. The molecule has 7 nitrogen and oxygen atoms in total. The van der Waals surface area contributed by atoms with Crippen LogP contribution in [-0.4, -0.2) is 51.6 Å². The molecule has 2 fully saturated rings. The summed E-state index contributed by atoms with van der Waals surface area (Å²) < 4.78 is 29.6. The molecular formula is C12H23N3O4S. The van der Waals surface area contributed by atoms with Gasteiger partial charge in [0, 0.05) is 26.2 Å². The number of amides is 1. The van der Waals surface area contributed by atoms with Crippen molar-refractivity contribution in [1.29, 1.82) is 0 Å². The third-order valence-corrected chi connectivity index (χ3v) is 4.43. The first-order chi connectivity index (χ1) is 9.46. The molecule has 2 aliphatic heterocycles. The molecule has 0 spiro atoms. The fraction of sp³-hybridized carbons (Fsp3) is 0.917. The summed E-state index contributed by atoms with van der Waals surface area (Å²) in [5.74, 6) is 0.166. The third kappa shape index (κ3) is 4.69. The molecule has 116 valence electrons. The van der Waals surface area contributed by atoms with Crippen LogP contribution in [0.25, 0.3) is 0 Å². The Morgan fingerprint density at radius 3 is 2.75 bits per heavy atom. The number of nitrogens with zero attached hydrogens (tertiary/aromatic N) is 1. The minimum atomic E-state index is -3.66. The van der Waals surface area contributed by atoms with E-state index in [4.69, 9.17) is 9.88 Å². The Morgan fingerprint density at radius 1 is 1.30 bits per heavy atom. The van der Waals surface area contributed by atoms with E-state index in [9.17, 15) is 13.2 Å². The average Bonchev–Trinajstić information content (AvgIpc) is 2.45. The molecule has 2 unspecified atom stereocenters. The number of ether oxygens (including phenoxy) is 1. The van der Waals surface area contributed by atoms with Crippen LogP contribution in [0.5, 0.6) is 0 Å². The zero-order valence-corrected chi connectivity index (χ0v) is 12.4. The smallest absolute Gasteiger partial charge is 0.274 e. The van der Waals surface area contributed by atoms with Crippen LogP contribution in [0.3, 0.4) is 0 Å². The molecule has 2 saturated heterocycles. The molecule has 0 aromatic heterocycles. The van der Waals surface area contributed by atoms with Crippen LogP contribution in [-0.2, 0) is 19.7 Å². The Hall–Kier alpha value is -0.700. The van der Waals surface area contributed by atoms with E-state index in [-0.39, 0.29) is 24.5 Å². The van der Waals surface area contributed by atoms with Crippen LogP contribution in [0.1, 0.15) is 32.1 Å². The monoisotopic (exact) mass is 305 g/mol.